The van der Waals surface area contributed by atoms with E-state index < -0.39 is 0 Å². The average Bonchev–Trinajstić information content (AvgIpc) is 2.79. The number of nitrogens with zero attached hydrogens (tertiary/aromatic N) is 1. The lowest BCUT2D eigenvalue weighted by molar-refractivity contribution is 0.0943. The maximum atomic E-state index is 12.1. The van der Waals surface area contributed by atoms with Gasteiger partial charge in [0.15, 0.2) is 0 Å². The lowest BCUT2D eigenvalue weighted by Gasteiger charge is -2.08. The van der Waals surface area contributed by atoms with E-state index >= 15 is 0 Å². The Labute approximate surface area is 135 Å². The zero-order chi connectivity index (χ0) is 14.8. The van der Waals surface area contributed by atoms with E-state index in [-0.39, 0.29) is 5.91 Å². The fourth-order valence-electron chi connectivity index (χ4n) is 2.11. The van der Waals surface area contributed by atoms with Crippen LogP contribution in [0.1, 0.15) is 49.5 Å². The molecule has 1 rings (SSSR count). The fraction of sp³-hybridized carbons (Fsp3) is 0.667. The second kappa shape index (κ2) is 10.3. The minimum Gasteiger partial charge on any atom is -0.351 e. The fourth-order valence-corrected chi connectivity index (χ4v) is 3.07. The molecule has 0 spiro atoms. The van der Waals surface area contributed by atoms with E-state index in [1.807, 2.05) is 28.6 Å². The molecule has 0 aliphatic heterocycles. The number of aromatic nitrogens is 1. The number of hydrogen-bond acceptors (Lipinski definition) is 2. The molecule has 0 aromatic carbocycles. The van der Waals surface area contributed by atoms with Gasteiger partial charge in [-0.1, -0.05) is 19.8 Å². The highest BCUT2D eigenvalue weighted by atomic mass is 79.9. The normalized spacial score (nSPS) is 10.8. The first kappa shape index (κ1) is 17.6. The Balaban J connectivity index is 2.28. The van der Waals surface area contributed by atoms with Crippen molar-refractivity contribution in [3.63, 3.8) is 0 Å². The number of rotatable bonds is 10. The predicted molar refractivity (Wildman–Crippen MR) is 91.6 cm³/mol. The van der Waals surface area contributed by atoms with E-state index in [1.54, 1.807) is 0 Å². The molecule has 1 amide bonds. The number of hydrogen-bond donors (Lipinski definition) is 1. The molecule has 1 aromatic rings. The van der Waals surface area contributed by atoms with Crippen LogP contribution in [0.5, 0.6) is 0 Å². The van der Waals surface area contributed by atoms with Crippen LogP contribution >= 0.6 is 27.7 Å². The monoisotopic (exact) mass is 360 g/mol. The van der Waals surface area contributed by atoms with Gasteiger partial charge in [-0.05, 0) is 53.3 Å². The van der Waals surface area contributed by atoms with Gasteiger partial charge in [0.25, 0.3) is 5.91 Å². The number of nitrogens with one attached hydrogen (secondary N) is 1. The predicted octanol–water partition coefficient (Wildman–Crippen LogP) is 4.31. The Bertz CT molecular complexity index is 407. The van der Waals surface area contributed by atoms with Crippen molar-refractivity contribution >= 4 is 33.6 Å². The zero-order valence-electron chi connectivity index (χ0n) is 12.5. The van der Waals surface area contributed by atoms with Crippen LogP contribution in [0.4, 0.5) is 0 Å². The van der Waals surface area contributed by atoms with E-state index in [0.29, 0.717) is 0 Å². The number of thioether (sulfide) groups is 1. The van der Waals surface area contributed by atoms with Gasteiger partial charge in [0, 0.05) is 23.8 Å². The second-order valence-electron chi connectivity index (χ2n) is 4.90. The first-order chi connectivity index (χ1) is 9.69. The standard InChI is InChI=1S/C15H25BrN2OS/c1-3-9-18-12-13(16)11-14(18)15(19)17-8-6-4-5-7-10-20-2/h11-12H,3-10H2,1-2H3,(H,17,19). The minimum absolute atomic E-state index is 0.0354. The lowest BCUT2D eigenvalue weighted by atomic mass is 10.2. The molecule has 114 valence electrons. The molecule has 0 aliphatic carbocycles. The first-order valence-corrected chi connectivity index (χ1v) is 9.50. The third-order valence-electron chi connectivity index (χ3n) is 3.12. The summed E-state index contributed by atoms with van der Waals surface area (Å²) in [7, 11) is 0. The number of carbonyl (C=O) groups excluding carboxylic acids is 1. The van der Waals surface area contributed by atoms with E-state index in [4.69, 9.17) is 0 Å². The molecule has 0 unspecified atom stereocenters. The molecule has 5 heteroatoms. The maximum absolute atomic E-state index is 12.1. The maximum Gasteiger partial charge on any atom is 0.267 e. The SMILES string of the molecule is CCCn1cc(Br)cc1C(=O)NCCCCCCSC. The molecular formula is C15H25BrN2OS. The summed E-state index contributed by atoms with van der Waals surface area (Å²) in [5, 5.41) is 3.02. The van der Waals surface area contributed by atoms with Gasteiger partial charge >= 0.3 is 0 Å². The quantitative estimate of drug-likeness (QED) is 0.630. The van der Waals surface area contributed by atoms with Crippen LogP contribution in [-0.2, 0) is 6.54 Å². The third-order valence-corrected chi connectivity index (χ3v) is 4.25. The Hall–Kier alpha value is -0.420. The number of amides is 1. The van der Waals surface area contributed by atoms with Gasteiger partial charge in [0.1, 0.15) is 5.69 Å². The Kier molecular flexibility index (Phi) is 9.10. The molecule has 0 saturated carbocycles. The van der Waals surface area contributed by atoms with Crippen LogP contribution in [-0.4, -0.2) is 29.0 Å². The average molecular weight is 361 g/mol. The molecule has 0 radical (unpaired) electrons. The Morgan fingerprint density at radius 1 is 1.35 bits per heavy atom. The summed E-state index contributed by atoms with van der Waals surface area (Å²) in [5.41, 5.74) is 0.751. The van der Waals surface area contributed by atoms with E-state index in [0.717, 1.165) is 36.1 Å². The first-order valence-electron chi connectivity index (χ1n) is 7.31. The van der Waals surface area contributed by atoms with Gasteiger partial charge in [0.2, 0.25) is 0 Å². The third kappa shape index (κ3) is 6.35. The highest BCUT2D eigenvalue weighted by molar-refractivity contribution is 9.10. The highest BCUT2D eigenvalue weighted by Gasteiger charge is 2.11. The van der Waals surface area contributed by atoms with E-state index in [2.05, 4.69) is 34.4 Å². The molecule has 20 heavy (non-hydrogen) atoms. The number of unbranched alkanes of at least 4 members (excludes halogenated alkanes) is 3. The van der Waals surface area contributed by atoms with E-state index in [9.17, 15) is 4.79 Å². The highest BCUT2D eigenvalue weighted by Crippen LogP contribution is 2.15. The van der Waals surface area contributed by atoms with Crippen molar-refractivity contribution in [2.45, 2.75) is 45.6 Å². The van der Waals surface area contributed by atoms with Crippen LogP contribution in [0.3, 0.4) is 0 Å². The van der Waals surface area contributed by atoms with Gasteiger partial charge in [-0.2, -0.15) is 11.8 Å². The summed E-state index contributed by atoms with van der Waals surface area (Å²) in [5.74, 6) is 1.28. The largest absolute Gasteiger partial charge is 0.351 e. The summed E-state index contributed by atoms with van der Waals surface area (Å²) in [6, 6.07) is 1.89. The smallest absolute Gasteiger partial charge is 0.267 e. The molecule has 1 aromatic heterocycles. The van der Waals surface area contributed by atoms with Gasteiger partial charge in [0.05, 0.1) is 0 Å². The van der Waals surface area contributed by atoms with Crippen LogP contribution in [0.15, 0.2) is 16.7 Å². The summed E-state index contributed by atoms with van der Waals surface area (Å²) in [6.45, 7) is 3.76. The van der Waals surface area contributed by atoms with Gasteiger partial charge in [-0.25, -0.2) is 0 Å². The van der Waals surface area contributed by atoms with Crippen molar-refractivity contribution in [3.8, 4) is 0 Å². The number of aryl methyl sites for hydroxylation is 1. The Morgan fingerprint density at radius 2 is 2.10 bits per heavy atom. The minimum atomic E-state index is 0.0354. The summed E-state index contributed by atoms with van der Waals surface area (Å²) in [4.78, 5) is 12.1. The van der Waals surface area contributed by atoms with Crippen LogP contribution < -0.4 is 5.32 Å². The van der Waals surface area contributed by atoms with Crippen molar-refractivity contribution in [2.75, 3.05) is 18.6 Å². The van der Waals surface area contributed by atoms with Crippen molar-refractivity contribution < 1.29 is 4.79 Å². The number of carbonyl (C=O) groups is 1. The molecule has 1 heterocycles. The number of halogens is 1. The Morgan fingerprint density at radius 3 is 2.80 bits per heavy atom. The van der Waals surface area contributed by atoms with Crippen LogP contribution in [0.2, 0.25) is 0 Å². The van der Waals surface area contributed by atoms with E-state index in [1.165, 1.54) is 25.0 Å². The van der Waals surface area contributed by atoms with Crippen molar-refractivity contribution in [1.29, 1.82) is 0 Å². The topological polar surface area (TPSA) is 34.0 Å². The van der Waals surface area contributed by atoms with Crippen molar-refractivity contribution in [1.82, 2.24) is 9.88 Å². The molecule has 0 bridgehead atoms. The van der Waals surface area contributed by atoms with Crippen molar-refractivity contribution in [2.24, 2.45) is 0 Å². The summed E-state index contributed by atoms with van der Waals surface area (Å²) >= 11 is 5.33. The molecule has 0 saturated heterocycles. The molecule has 0 aliphatic rings. The van der Waals surface area contributed by atoms with Crippen LogP contribution in [0.25, 0.3) is 0 Å². The molecule has 1 N–H and O–H groups in total. The zero-order valence-corrected chi connectivity index (χ0v) is 14.9. The molecule has 0 fully saturated rings. The molecular weight excluding hydrogens is 336 g/mol. The molecule has 3 nitrogen and oxygen atoms in total. The van der Waals surface area contributed by atoms with Gasteiger partial charge < -0.3 is 9.88 Å². The van der Waals surface area contributed by atoms with Crippen molar-refractivity contribution in [3.05, 3.63) is 22.4 Å². The second-order valence-corrected chi connectivity index (χ2v) is 6.80. The summed E-state index contributed by atoms with van der Waals surface area (Å²) in [6.07, 6.45) is 9.94. The lowest BCUT2D eigenvalue weighted by Crippen LogP contribution is -2.26. The summed E-state index contributed by atoms with van der Waals surface area (Å²) < 4.78 is 2.98. The van der Waals surface area contributed by atoms with Gasteiger partial charge in [-0.15, -0.1) is 0 Å². The molecule has 0 atom stereocenters. The van der Waals surface area contributed by atoms with Gasteiger partial charge in [-0.3, -0.25) is 4.79 Å². The van der Waals surface area contributed by atoms with Crippen LogP contribution in [0, 0.1) is 0 Å².